The van der Waals surface area contributed by atoms with Crippen LogP contribution < -0.4 is 4.74 Å². The summed E-state index contributed by atoms with van der Waals surface area (Å²) in [6, 6.07) is 14.4. The van der Waals surface area contributed by atoms with Crippen LogP contribution in [0.4, 0.5) is 0 Å². The van der Waals surface area contributed by atoms with Crippen molar-refractivity contribution in [1.29, 1.82) is 0 Å². The molecule has 0 spiro atoms. The van der Waals surface area contributed by atoms with Crippen molar-refractivity contribution in [2.24, 2.45) is 5.41 Å². The van der Waals surface area contributed by atoms with Crippen LogP contribution in [0.3, 0.4) is 0 Å². The molecule has 2 saturated heterocycles. The van der Waals surface area contributed by atoms with Crippen LogP contribution in [0.25, 0.3) is 11.3 Å². The van der Waals surface area contributed by atoms with Crippen LogP contribution in [0.15, 0.2) is 53.1 Å². The minimum absolute atomic E-state index is 0.0465. The molecule has 1 aromatic heterocycles. The lowest BCUT2D eigenvalue weighted by Crippen LogP contribution is -2.52. The molecule has 206 valence electrons. The Labute approximate surface area is 237 Å². The Hall–Kier alpha value is -3.07. The van der Waals surface area contributed by atoms with E-state index in [9.17, 15) is 9.59 Å². The maximum absolute atomic E-state index is 14.0. The van der Waals surface area contributed by atoms with Crippen LogP contribution in [0.5, 0.6) is 5.75 Å². The summed E-state index contributed by atoms with van der Waals surface area (Å²) >= 11 is 12.5. The first-order chi connectivity index (χ1) is 18.8. The zero-order valence-corrected chi connectivity index (χ0v) is 23.3. The van der Waals surface area contributed by atoms with E-state index in [-0.39, 0.29) is 24.8 Å². The lowest BCUT2D eigenvalue weighted by atomic mass is 9.77. The standard InChI is InChI=1S/C29H31Cl2N3O5/c1-20-26(27(32-39-20)23-5-2-3-6-24(23)31)28(36)34-12-4-11-29(18-34,17-25(35)33-13-15-37-16-14-33)19-38-22-9-7-21(30)8-10-22/h2-3,5-10H,4,11-19H2,1H3/t29-/m1/s1. The van der Waals surface area contributed by atoms with E-state index in [1.807, 2.05) is 35.2 Å². The number of ether oxygens (including phenoxy) is 2. The Balaban J connectivity index is 1.41. The number of carbonyl (C=O) groups is 2. The van der Waals surface area contributed by atoms with Gasteiger partial charge in [0.05, 0.1) is 24.8 Å². The molecule has 39 heavy (non-hydrogen) atoms. The van der Waals surface area contributed by atoms with Crippen molar-refractivity contribution in [3.63, 3.8) is 0 Å². The normalized spacial score (nSPS) is 19.7. The summed E-state index contributed by atoms with van der Waals surface area (Å²) in [6.45, 7) is 5.12. The predicted molar refractivity (Wildman–Crippen MR) is 148 cm³/mol. The number of piperidine rings is 1. The molecule has 2 aliphatic rings. The number of aryl methyl sites for hydroxylation is 1. The molecule has 0 aliphatic carbocycles. The van der Waals surface area contributed by atoms with Gasteiger partial charge in [-0.25, -0.2) is 0 Å². The van der Waals surface area contributed by atoms with Crippen LogP contribution in [-0.2, 0) is 9.53 Å². The van der Waals surface area contributed by atoms with Crippen LogP contribution in [0.1, 0.15) is 35.4 Å². The zero-order chi connectivity index (χ0) is 27.4. The Bertz CT molecular complexity index is 1320. The lowest BCUT2D eigenvalue weighted by Gasteiger charge is -2.43. The Morgan fingerprint density at radius 3 is 2.51 bits per heavy atom. The molecule has 5 rings (SSSR count). The number of likely N-dealkylation sites (tertiary alicyclic amines) is 1. The van der Waals surface area contributed by atoms with E-state index < -0.39 is 5.41 Å². The van der Waals surface area contributed by atoms with E-state index in [0.717, 1.165) is 12.8 Å². The van der Waals surface area contributed by atoms with E-state index in [1.165, 1.54) is 0 Å². The van der Waals surface area contributed by atoms with Crippen LogP contribution in [0.2, 0.25) is 10.0 Å². The fourth-order valence-electron chi connectivity index (χ4n) is 5.33. The van der Waals surface area contributed by atoms with Gasteiger partial charge < -0.3 is 23.8 Å². The minimum atomic E-state index is -0.571. The van der Waals surface area contributed by atoms with Crippen molar-refractivity contribution >= 4 is 35.0 Å². The van der Waals surface area contributed by atoms with Crippen molar-refractivity contribution in [3.8, 4) is 17.0 Å². The highest BCUT2D eigenvalue weighted by molar-refractivity contribution is 6.33. The van der Waals surface area contributed by atoms with Crippen LogP contribution in [0, 0.1) is 12.3 Å². The first kappa shape index (κ1) is 27.5. The molecule has 3 heterocycles. The average Bonchev–Trinajstić information content (AvgIpc) is 3.34. The van der Waals surface area contributed by atoms with Gasteiger partial charge in [-0.3, -0.25) is 9.59 Å². The summed E-state index contributed by atoms with van der Waals surface area (Å²) in [7, 11) is 0. The van der Waals surface area contributed by atoms with Crippen molar-refractivity contribution < 1.29 is 23.6 Å². The number of amides is 2. The molecule has 0 saturated carbocycles. The summed E-state index contributed by atoms with van der Waals surface area (Å²) < 4.78 is 17.1. The Morgan fingerprint density at radius 1 is 1.03 bits per heavy atom. The molecular weight excluding hydrogens is 541 g/mol. The number of hydrogen-bond acceptors (Lipinski definition) is 6. The number of aromatic nitrogens is 1. The molecule has 2 aliphatic heterocycles. The van der Waals surface area contributed by atoms with Gasteiger partial charge in [0.2, 0.25) is 5.91 Å². The second kappa shape index (κ2) is 12.0. The number of nitrogens with zero attached hydrogens (tertiary/aromatic N) is 3. The zero-order valence-electron chi connectivity index (χ0n) is 21.8. The van der Waals surface area contributed by atoms with Gasteiger partial charge in [0, 0.05) is 48.6 Å². The molecule has 3 aromatic rings. The number of hydrogen-bond donors (Lipinski definition) is 0. The topological polar surface area (TPSA) is 85.1 Å². The van der Waals surface area contributed by atoms with E-state index in [2.05, 4.69) is 5.16 Å². The Kier molecular flexibility index (Phi) is 8.45. The second-order valence-electron chi connectivity index (χ2n) is 10.2. The molecule has 2 amide bonds. The molecule has 2 aromatic carbocycles. The largest absolute Gasteiger partial charge is 0.493 e. The molecule has 1 atom stereocenters. The van der Waals surface area contributed by atoms with Crippen LogP contribution in [-0.4, -0.2) is 72.8 Å². The first-order valence-corrected chi connectivity index (χ1v) is 13.9. The molecule has 0 unspecified atom stereocenters. The molecule has 8 nitrogen and oxygen atoms in total. The predicted octanol–water partition coefficient (Wildman–Crippen LogP) is 5.51. The van der Waals surface area contributed by atoms with E-state index in [1.54, 1.807) is 30.0 Å². The molecule has 10 heteroatoms. The molecule has 0 radical (unpaired) electrons. The third kappa shape index (κ3) is 6.24. The van der Waals surface area contributed by atoms with Crippen molar-refractivity contribution in [1.82, 2.24) is 15.0 Å². The highest BCUT2D eigenvalue weighted by Gasteiger charge is 2.42. The van der Waals surface area contributed by atoms with Crippen molar-refractivity contribution in [2.75, 3.05) is 46.0 Å². The van der Waals surface area contributed by atoms with Gasteiger partial charge in [-0.15, -0.1) is 0 Å². The van der Waals surface area contributed by atoms with E-state index in [0.29, 0.717) is 77.8 Å². The molecule has 2 fully saturated rings. The minimum Gasteiger partial charge on any atom is -0.493 e. The third-order valence-corrected chi connectivity index (χ3v) is 7.98. The maximum atomic E-state index is 14.0. The smallest absolute Gasteiger partial charge is 0.259 e. The number of rotatable bonds is 7. The van der Waals surface area contributed by atoms with E-state index in [4.69, 9.17) is 37.2 Å². The van der Waals surface area contributed by atoms with Gasteiger partial charge in [-0.2, -0.15) is 0 Å². The SMILES string of the molecule is Cc1onc(-c2ccccc2Cl)c1C(=O)N1CCC[C@@](COc2ccc(Cl)cc2)(CC(=O)N2CCOCC2)C1. The van der Waals surface area contributed by atoms with Gasteiger partial charge in [0.1, 0.15) is 22.8 Å². The van der Waals surface area contributed by atoms with Crippen molar-refractivity contribution in [3.05, 3.63) is 69.9 Å². The third-order valence-electron chi connectivity index (χ3n) is 7.40. The second-order valence-corrected chi connectivity index (χ2v) is 11.0. The van der Waals surface area contributed by atoms with E-state index >= 15 is 0 Å². The molecule has 0 bridgehead atoms. The quantitative estimate of drug-likeness (QED) is 0.372. The average molecular weight is 572 g/mol. The van der Waals surface area contributed by atoms with Crippen molar-refractivity contribution in [2.45, 2.75) is 26.2 Å². The summed E-state index contributed by atoms with van der Waals surface area (Å²) in [5, 5.41) is 5.28. The summed E-state index contributed by atoms with van der Waals surface area (Å²) in [5.74, 6) is 0.938. The molecular formula is C29H31Cl2N3O5. The summed E-state index contributed by atoms with van der Waals surface area (Å²) in [6.07, 6.45) is 1.75. The summed E-state index contributed by atoms with van der Waals surface area (Å²) in [5.41, 5.74) is 0.868. The summed E-state index contributed by atoms with van der Waals surface area (Å²) in [4.78, 5) is 31.0. The monoisotopic (exact) mass is 571 g/mol. The number of morpholine rings is 1. The first-order valence-electron chi connectivity index (χ1n) is 13.1. The number of carbonyl (C=O) groups excluding carboxylic acids is 2. The fraction of sp³-hybridized carbons (Fsp3) is 0.414. The van der Waals surface area contributed by atoms with Gasteiger partial charge in [-0.1, -0.05) is 46.6 Å². The van der Waals surface area contributed by atoms with Gasteiger partial charge >= 0.3 is 0 Å². The van der Waals surface area contributed by atoms with Gasteiger partial charge in [-0.05, 0) is 50.1 Å². The number of halogens is 2. The number of benzene rings is 2. The Morgan fingerprint density at radius 2 is 1.77 bits per heavy atom. The van der Waals surface area contributed by atoms with Gasteiger partial charge in [0.25, 0.3) is 5.91 Å². The highest BCUT2D eigenvalue weighted by atomic mass is 35.5. The molecule has 0 N–H and O–H groups in total. The van der Waals surface area contributed by atoms with Gasteiger partial charge in [0.15, 0.2) is 0 Å². The maximum Gasteiger partial charge on any atom is 0.259 e. The fourth-order valence-corrected chi connectivity index (χ4v) is 5.68. The van der Waals surface area contributed by atoms with Crippen LogP contribution >= 0.6 is 23.2 Å². The lowest BCUT2D eigenvalue weighted by molar-refractivity contribution is -0.139. The highest BCUT2D eigenvalue weighted by Crippen LogP contribution is 2.38.